The zero-order chi connectivity index (χ0) is 21.5. The molecule has 0 unspecified atom stereocenters. The Hall–Kier alpha value is -2.32. The lowest BCUT2D eigenvalue weighted by Crippen LogP contribution is -2.38. The predicted molar refractivity (Wildman–Crippen MR) is 121 cm³/mol. The van der Waals surface area contributed by atoms with Gasteiger partial charge in [-0.2, -0.15) is 0 Å². The van der Waals surface area contributed by atoms with Gasteiger partial charge in [-0.3, -0.25) is 4.79 Å². The number of aryl methyl sites for hydroxylation is 1. The third-order valence-electron chi connectivity index (χ3n) is 6.73. The molecule has 0 aliphatic carbocycles. The van der Waals surface area contributed by atoms with E-state index in [1.165, 1.54) is 0 Å². The highest BCUT2D eigenvalue weighted by atomic mass is 16.5. The molecule has 1 N–H and O–H groups in total. The molecule has 160 valence electrons. The van der Waals surface area contributed by atoms with E-state index in [9.17, 15) is 4.79 Å². The standard InChI is InChI=1S/C22H31BN4O3/c1-21(2)15-23(30-22(21,3)4)16-12-18(20(28)26(5)14-16)25-19-7-6-17(13-24-19)27-8-10-29-11-9-27/h6-7,12-14H,8-11,15H2,1-5H3,(H,24,25). The van der Waals surface area contributed by atoms with Gasteiger partial charge in [0.15, 0.2) is 0 Å². The van der Waals surface area contributed by atoms with E-state index in [1.54, 1.807) is 11.6 Å². The van der Waals surface area contributed by atoms with Crippen LogP contribution in [-0.2, 0) is 16.4 Å². The first-order valence-corrected chi connectivity index (χ1v) is 10.6. The molecule has 0 bridgehead atoms. The van der Waals surface area contributed by atoms with Crippen molar-refractivity contribution < 1.29 is 9.39 Å². The van der Waals surface area contributed by atoms with Gasteiger partial charge in [0.1, 0.15) is 11.5 Å². The molecule has 0 aromatic carbocycles. The van der Waals surface area contributed by atoms with Gasteiger partial charge in [-0.1, -0.05) is 13.8 Å². The van der Waals surface area contributed by atoms with Gasteiger partial charge in [-0.15, -0.1) is 0 Å². The largest absolute Gasteiger partial charge is 0.425 e. The SMILES string of the molecule is Cn1cc(B2CC(C)(C)C(C)(C)O2)cc(Nc2ccc(N3CCOCC3)cn2)c1=O. The summed E-state index contributed by atoms with van der Waals surface area (Å²) in [4.78, 5) is 19.5. The zero-order valence-corrected chi connectivity index (χ0v) is 18.6. The first-order chi connectivity index (χ1) is 14.2. The minimum atomic E-state index is -0.225. The zero-order valence-electron chi connectivity index (χ0n) is 18.6. The Bertz CT molecular complexity index is 949. The van der Waals surface area contributed by atoms with Gasteiger partial charge in [0, 0.05) is 26.3 Å². The van der Waals surface area contributed by atoms with Gasteiger partial charge in [0.2, 0.25) is 0 Å². The molecule has 0 saturated carbocycles. The van der Waals surface area contributed by atoms with Crippen LogP contribution in [0, 0.1) is 5.41 Å². The number of pyridine rings is 2. The van der Waals surface area contributed by atoms with Gasteiger partial charge in [0.25, 0.3) is 5.56 Å². The first kappa shape index (κ1) is 20.9. The Kier molecular flexibility index (Phi) is 5.40. The summed E-state index contributed by atoms with van der Waals surface area (Å²) >= 11 is 0. The van der Waals surface area contributed by atoms with Crippen molar-refractivity contribution in [3.05, 3.63) is 40.9 Å². The van der Waals surface area contributed by atoms with Crippen molar-refractivity contribution in [3.63, 3.8) is 0 Å². The van der Waals surface area contributed by atoms with Crippen LogP contribution >= 0.6 is 0 Å². The second-order valence-corrected chi connectivity index (χ2v) is 9.43. The van der Waals surface area contributed by atoms with Crippen LogP contribution < -0.4 is 21.2 Å². The topological polar surface area (TPSA) is 68.6 Å². The van der Waals surface area contributed by atoms with Crippen LogP contribution in [0.25, 0.3) is 0 Å². The molecule has 0 radical (unpaired) electrons. The Balaban J connectivity index is 1.55. The molecule has 2 aromatic rings. The molecule has 2 aromatic heterocycles. The Morgan fingerprint density at radius 3 is 2.50 bits per heavy atom. The Morgan fingerprint density at radius 2 is 1.90 bits per heavy atom. The van der Waals surface area contributed by atoms with E-state index in [4.69, 9.17) is 9.39 Å². The van der Waals surface area contributed by atoms with Crippen LogP contribution in [0.5, 0.6) is 0 Å². The molecule has 4 rings (SSSR count). The van der Waals surface area contributed by atoms with Crippen LogP contribution in [0.4, 0.5) is 17.2 Å². The van der Waals surface area contributed by atoms with Crippen molar-refractivity contribution in [2.45, 2.75) is 39.6 Å². The van der Waals surface area contributed by atoms with Gasteiger partial charge in [-0.05, 0) is 49.2 Å². The fourth-order valence-electron chi connectivity index (χ4n) is 4.06. The van der Waals surface area contributed by atoms with Gasteiger partial charge < -0.3 is 24.2 Å². The number of nitrogens with zero attached hydrogens (tertiary/aromatic N) is 3. The van der Waals surface area contributed by atoms with Crippen molar-refractivity contribution in [1.29, 1.82) is 0 Å². The number of aromatic nitrogens is 2. The maximum atomic E-state index is 12.7. The molecule has 4 heterocycles. The van der Waals surface area contributed by atoms with Crippen molar-refractivity contribution in [2.75, 3.05) is 36.5 Å². The molecule has 30 heavy (non-hydrogen) atoms. The lowest BCUT2D eigenvalue weighted by Gasteiger charge is -2.34. The van der Waals surface area contributed by atoms with E-state index in [-0.39, 0.29) is 23.5 Å². The van der Waals surface area contributed by atoms with Crippen molar-refractivity contribution in [3.8, 4) is 0 Å². The van der Waals surface area contributed by atoms with Crippen molar-refractivity contribution >= 4 is 29.6 Å². The quantitative estimate of drug-likeness (QED) is 0.781. The normalized spacial score (nSPS) is 20.4. The molecule has 2 saturated heterocycles. The highest BCUT2D eigenvalue weighted by molar-refractivity contribution is 6.68. The van der Waals surface area contributed by atoms with Crippen LogP contribution in [0.15, 0.2) is 35.4 Å². The van der Waals surface area contributed by atoms with Gasteiger partial charge in [-0.25, -0.2) is 4.98 Å². The number of rotatable bonds is 4. The van der Waals surface area contributed by atoms with Crippen LogP contribution in [-0.4, -0.2) is 48.4 Å². The summed E-state index contributed by atoms with van der Waals surface area (Å²) in [5.74, 6) is 0.647. The van der Waals surface area contributed by atoms with E-state index in [2.05, 4.69) is 42.9 Å². The second kappa shape index (κ2) is 7.74. The van der Waals surface area contributed by atoms with E-state index >= 15 is 0 Å². The highest BCUT2D eigenvalue weighted by Crippen LogP contribution is 2.45. The number of hydrogen-bond acceptors (Lipinski definition) is 6. The maximum absolute atomic E-state index is 12.7. The number of anilines is 3. The van der Waals surface area contributed by atoms with Crippen LogP contribution in [0.2, 0.25) is 6.32 Å². The lowest BCUT2D eigenvalue weighted by molar-refractivity contribution is 0.0375. The summed E-state index contributed by atoms with van der Waals surface area (Å²) < 4.78 is 13.4. The third-order valence-corrected chi connectivity index (χ3v) is 6.73. The van der Waals surface area contributed by atoms with E-state index < -0.39 is 0 Å². The third kappa shape index (κ3) is 3.98. The van der Waals surface area contributed by atoms with Crippen LogP contribution in [0.3, 0.4) is 0 Å². The number of hydrogen-bond donors (Lipinski definition) is 1. The molecular weight excluding hydrogens is 379 g/mol. The number of nitrogens with one attached hydrogen (secondary N) is 1. The van der Waals surface area contributed by atoms with Crippen molar-refractivity contribution in [2.24, 2.45) is 12.5 Å². The number of morpholine rings is 1. The number of ether oxygens (including phenoxy) is 1. The fourth-order valence-corrected chi connectivity index (χ4v) is 4.06. The average molecular weight is 410 g/mol. The fraction of sp³-hybridized carbons (Fsp3) is 0.545. The smallest absolute Gasteiger partial charge is 0.329 e. The summed E-state index contributed by atoms with van der Waals surface area (Å²) in [5.41, 5.74) is 2.31. The molecule has 7 nitrogen and oxygen atoms in total. The Labute approximate surface area is 178 Å². The summed E-state index contributed by atoms with van der Waals surface area (Å²) in [6.45, 7) is 11.9. The second-order valence-electron chi connectivity index (χ2n) is 9.43. The molecule has 8 heteroatoms. The first-order valence-electron chi connectivity index (χ1n) is 10.6. The highest BCUT2D eigenvalue weighted by Gasteiger charge is 2.50. The molecule has 2 aliphatic heterocycles. The molecule has 0 amide bonds. The summed E-state index contributed by atoms with van der Waals surface area (Å²) in [7, 11) is 1.78. The summed E-state index contributed by atoms with van der Waals surface area (Å²) in [5, 5.41) is 3.21. The molecular formula is C22H31BN4O3. The van der Waals surface area contributed by atoms with E-state index in [0.717, 1.165) is 43.8 Å². The van der Waals surface area contributed by atoms with E-state index in [1.807, 2.05) is 30.6 Å². The molecule has 0 spiro atoms. The van der Waals surface area contributed by atoms with Crippen molar-refractivity contribution in [1.82, 2.24) is 9.55 Å². The Morgan fingerprint density at radius 1 is 1.17 bits per heavy atom. The molecule has 2 fully saturated rings. The minimum Gasteiger partial charge on any atom is -0.425 e. The maximum Gasteiger partial charge on any atom is 0.329 e. The summed E-state index contributed by atoms with van der Waals surface area (Å²) in [6.07, 6.45) is 4.63. The average Bonchev–Trinajstić information content (AvgIpc) is 2.94. The van der Waals surface area contributed by atoms with Crippen LogP contribution in [0.1, 0.15) is 27.7 Å². The lowest BCUT2D eigenvalue weighted by atomic mass is 9.54. The molecule has 2 aliphatic rings. The van der Waals surface area contributed by atoms with E-state index in [0.29, 0.717) is 11.5 Å². The van der Waals surface area contributed by atoms with Gasteiger partial charge in [0.05, 0.1) is 30.7 Å². The van der Waals surface area contributed by atoms with Gasteiger partial charge >= 0.3 is 6.92 Å². The molecule has 0 atom stereocenters. The monoisotopic (exact) mass is 410 g/mol. The predicted octanol–water partition coefficient (Wildman–Crippen LogP) is 2.39. The minimum absolute atomic E-state index is 0.0426. The summed E-state index contributed by atoms with van der Waals surface area (Å²) in [6, 6.07) is 5.84.